The second-order valence-corrected chi connectivity index (χ2v) is 11.2. The van der Waals surface area contributed by atoms with Crippen LogP contribution in [0.15, 0.2) is 48.5 Å². The van der Waals surface area contributed by atoms with Gasteiger partial charge in [0.05, 0.1) is 12.0 Å². The normalized spacial score (nSPS) is 21.5. The van der Waals surface area contributed by atoms with Crippen LogP contribution in [0.2, 0.25) is 0 Å². The average Bonchev–Trinajstić information content (AvgIpc) is 3.12. The van der Waals surface area contributed by atoms with E-state index in [4.69, 9.17) is 0 Å². The molecule has 0 unspecified atom stereocenters. The number of amides is 3. The fourth-order valence-corrected chi connectivity index (χ4v) is 6.82. The van der Waals surface area contributed by atoms with Gasteiger partial charge in [0.15, 0.2) is 0 Å². The van der Waals surface area contributed by atoms with Gasteiger partial charge in [0.25, 0.3) is 5.91 Å². The van der Waals surface area contributed by atoms with Gasteiger partial charge in [0, 0.05) is 57.4 Å². The van der Waals surface area contributed by atoms with Crippen molar-refractivity contribution in [3.8, 4) is 0 Å². The Bertz CT molecular complexity index is 1210. The third kappa shape index (κ3) is 4.34. The van der Waals surface area contributed by atoms with Gasteiger partial charge in [-0.3, -0.25) is 14.5 Å². The molecule has 6 rings (SSSR count). The van der Waals surface area contributed by atoms with E-state index >= 15 is 0 Å². The SMILES string of the molecule is O=C(O)N1CCC2(CC1)c1cccc(CC(=O)N3CCN(C4CCC4)CC3)c1C(=O)N2Cc1ccccc1. The topological polar surface area (TPSA) is 84.4 Å². The summed E-state index contributed by atoms with van der Waals surface area (Å²) in [5.41, 5.74) is 2.85. The lowest BCUT2D eigenvalue weighted by molar-refractivity contribution is -0.132. The van der Waals surface area contributed by atoms with E-state index in [1.165, 1.54) is 24.2 Å². The Labute approximate surface area is 223 Å². The molecule has 200 valence electrons. The Balaban J connectivity index is 1.26. The van der Waals surface area contributed by atoms with Crippen molar-refractivity contribution < 1.29 is 19.5 Å². The number of piperidine rings is 1. The van der Waals surface area contributed by atoms with Crippen molar-refractivity contribution in [2.45, 2.75) is 56.7 Å². The number of carbonyl (C=O) groups is 3. The van der Waals surface area contributed by atoms with Crippen molar-refractivity contribution >= 4 is 17.9 Å². The molecule has 3 heterocycles. The lowest BCUT2D eigenvalue weighted by Crippen LogP contribution is -2.53. The zero-order chi connectivity index (χ0) is 26.3. The lowest BCUT2D eigenvalue weighted by Gasteiger charge is -2.45. The number of likely N-dealkylation sites (tertiary alicyclic amines) is 1. The fourth-order valence-electron chi connectivity index (χ4n) is 6.82. The third-order valence-corrected chi connectivity index (χ3v) is 9.27. The first-order valence-corrected chi connectivity index (χ1v) is 13.9. The second-order valence-electron chi connectivity index (χ2n) is 11.2. The summed E-state index contributed by atoms with van der Waals surface area (Å²) in [6, 6.07) is 16.5. The number of carboxylic acid groups (broad SMARTS) is 1. The molecule has 8 nitrogen and oxygen atoms in total. The van der Waals surface area contributed by atoms with Crippen LogP contribution in [0, 0.1) is 0 Å². The minimum atomic E-state index is -0.921. The van der Waals surface area contributed by atoms with Crippen molar-refractivity contribution in [3.05, 3.63) is 70.8 Å². The van der Waals surface area contributed by atoms with Crippen molar-refractivity contribution in [2.75, 3.05) is 39.3 Å². The molecular weight excluding hydrogens is 480 g/mol. The molecule has 2 saturated heterocycles. The molecule has 3 aliphatic heterocycles. The van der Waals surface area contributed by atoms with Crippen LogP contribution >= 0.6 is 0 Å². The van der Waals surface area contributed by atoms with Gasteiger partial charge >= 0.3 is 6.09 Å². The second kappa shape index (κ2) is 10.1. The van der Waals surface area contributed by atoms with Gasteiger partial charge in [-0.05, 0) is 42.4 Å². The Kier molecular flexibility index (Phi) is 6.60. The first-order valence-electron chi connectivity index (χ1n) is 13.9. The maximum absolute atomic E-state index is 14.1. The maximum atomic E-state index is 14.1. The monoisotopic (exact) mass is 516 g/mol. The molecule has 0 atom stereocenters. The maximum Gasteiger partial charge on any atom is 0.407 e. The minimum Gasteiger partial charge on any atom is -0.465 e. The van der Waals surface area contributed by atoms with Gasteiger partial charge in [-0.15, -0.1) is 0 Å². The highest BCUT2D eigenvalue weighted by atomic mass is 16.4. The summed E-state index contributed by atoms with van der Waals surface area (Å²) in [5, 5.41) is 9.55. The summed E-state index contributed by atoms with van der Waals surface area (Å²) < 4.78 is 0. The molecule has 3 amide bonds. The van der Waals surface area contributed by atoms with E-state index in [1.807, 2.05) is 58.3 Å². The Morgan fingerprint density at radius 2 is 1.58 bits per heavy atom. The highest BCUT2D eigenvalue weighted by molar-refractivity contribution is 6.02. The number of fused-ring (bicyclic) bond motifs is 2. The van der Waals surface area contributed by atoms with Crippen LogP contribution in [0.3, 0.4) is 0 Å². The molecule has 0 radical (unpaired) electrons. The molecular formula is C30H36N4O4. The predicted molar refractivity (Wildman–Crippen MR) is 143 cm³/mol. The van der Waals surface area contributed by atoms with Crippen LogP contribution in [-0.4, -0.2) is 87.9 Å². The first kappa shape index (κ1) is 24.9. The minimum absolute atomic E-state index is 0.0502. The number of benzene rings is 2. The first-order chi connectivity index (χ1) is 18.5. The molecule has 1 saturated carbocycles. The van der Waals surface area contributed by atoms with E-state index in [9.17, 15) is 19.5 Å². The molecule has 1 spiro atoms. The largest absolute Gasteiger partial charge is 0.465 e. The van der Waals surface area contributed by atoms with Crippen molar-refractivity contribution in [2.24, 2.45) is 0 Å². The number of piperazine rings is 1. The number of rotatable bonds is 5. The van der Waals surface area contributed by atoms with Gasteiger partial charge in [-0.1, -0.05) is 55.0 Å². The van der Waals surface area contributed by atoms with Crippen LogP contribution in [0.1, 0.15) is 59.2 Å². The van der Waals surface area contributed by atoms with Crippen molar-refractivity contribution in [3.63, 3.8) is 0 Å². The zero-order valence-corrected chi connectivity index (χ0v) is 21.8. The van der Waals surface area contributed by atoms with E-state index in [-0.39, 0.29) is 18.2 Å². The van der Waals surface area contributed by atoms with E-state index in [2.05, 4.69) is 4.90 Å². The number of nitrogens with zero attached hydrogens (tertiary/aromatic N) is 4. The van der Waals surface area contributed by atoms with Gasteiger partial charge in [-0.25, -0.2) is 4.79 Å². The van der Waals surface area contributed by atoms with Crippen molar-refractivity contribution in [1.82, 2.24) is 19.6 Å². The molecule has 2 aromatic rings. The van der Waals surface area contributed by atoms with Crippen LogP contribution in [0.25, 0.3) is 0 Å². The van der Waals surface area contributed by atoms with Gasteiger partial charge in [-0.2, -0.15) is 0 Å². The third-order valence-electron chi connectivity index (χ3n) is 9.27. The van der Waals surface area contributed by atoms with E-state index < -0.39 is 11.6 Å². The lowest BCUT2D eigenvalue weighted by atomic mass is 9.79. The van der Waals surface area contributed by atoms with Crippen LogP contribution in [0.5, 0.6) is 0 Å². The highest BCUT2D eigenvalue weighted by Gasteiger charge is 2.52. The summed E-state index contributed by atoms with van der Waals surface area (Å²) in [5.74, 6) is 0.0292. The summed E-state index contributed by atoms with van der Waals surface area (Å²) in [4.78, 5) is 47.0. The van der Waals surface area contributed by atoms with E-state index in [1.54, 1.807) is 0 Å². The van der Waals surface area contributed by atoms with Crippen LogP contribution in [0.4, 0.5) is 4.79 Å². The molecule has 0 aromatic heterocycles. The molecule has 3 fully saturated rings. The molecule has 8 heteroatoms. The number of hydrogen-bond donors (Lipinski definition) is 1. The molecule has 0 bridgehead atoms. The van der Waals surface area contributed by atoms with E-state index in [0.717, 1.165) is 42.9 Å². The van der Waals surface area contributed by atoms with Gasteiger partial charge in [0.1, 0.15) is 0 Å². The predicted octanol–water partition coefficient (Wildman–Crippen LogP) is 3.55. The Morgan fingerprint density at radius 1 is 0.868 bits per heavy atom. The molecule has 1 N–H and O–H groups in total. The summed E-state index contributed by atoms with van der Waals surface area (Å²) in [6.45, 7) is 4.55. The van der Waals surface area contributed by atoms with Gasteiger partial charge < -0.3 is 19.8 Å². The summed E-state index contributed by atoms with van der Waals surface area (Å²) in [6.07, 6.45) is 4.26. The van der Waals surface area contributed by atoms with Gasteiger partial charge in [0.2, 0.25) is 5.91 Å². The molecule has 38 heavy (non-hydrogen) atoms. The van der Waals surface area contributed by atoms with Crippen molar-refractivity contribution in [1.29, 1.82) is 0 Å². The average molecular weight is 517 g/mol. The summed E-state index contributed by atoms with van der Waals surface area (Å²) in [7, 11) is 0. The Hall–Kier alpha value is -3.39. The van der Waals surface area contributed by atoms with E-state index in [0.29, 0.717) is 44.1 Å². The molecule has 1 aliphatic carbocycles. The smallest absolute Gasteiger partial charge is 0.407 e. The number of hydrogen-bond acceptors (Lipinski definition) is 4. The Morgan fingerprint density at radius 3 is 2.21 bits per heavy atom. The zero-order valence-electron chi connectivity index (χ0n) is 21.8. The quantitative estimate of drug-likeness (QED) is 0.657. The fraction of sp³-hybridized carbons (Fsp3) is 0.500. The molecule has 2 aromatic carbocycles. The van der Waals surface area contributed by atoms with Crippen LogP contribution in [-0.2, 0) is 23.3 Å². The standard InChI is InChI=1S/C30H36N4O4/c35-26(32-18-16-31(17-19-32)24-9-5-10-24)20-23-8-4-11-25-27(23)28(36)34(21-22-6-2-1-3-7-22)30(25)12-14-33(15-13-30)29(37)38/h1-4,6-8,11,24H,5,9-10,12-21H2,(H,37,38). The number of carbonyl (C=O) groups excluding carboxylic acids is 2. The summed E-state index contributed by atoms with van der Waals surface area (Å²) >= 11 is 0. The molecule has 4 aliphatic rings. The van der Waals surface area contributed by atoms with Crippen LogP contribution < -0.4 is 0 Å². The highest BCUT2D eigenvalue weighted by Crippen LogP contribution is 2.48.